The SMILES string of the molecule is CCCCc1nnc(C)n1CC(=O)O. The second kappa shape index (κ2) is 4.74. The normalized spacial score (nSPS) is 10.4. The van der Waals surface area contributed by atoms with Crippen LogP contribution < -0.4 is 0 Å². The fourth-order valence-corrected chi connectivity index (χ4v) is 1.29. The molecule has 1 heterocycles. The predicted molar refractivity (Wildman–Crippen MR) is 51.0 cm³/mol. The van der Waals surface area contributed by atoms with Crippen molar-refractivity contribution in [1.29, 1.82) is 0 Å². The van der Waals surface area contributed by atoms with E-state index in [0.717, 1.165) is 25.1 Å². The number of rotatable bonds is 5. The van der Waals surface area contributed by atoms with Crippen LogP contribution in [0.15, 0.2) is 0 Å². The Balaban J connectivity index is 2.77. The van der Waals surface area contributed by atoms with Gasteiger partial charge in [0.25, 0.3) is 0 Å². The van der Waals surface area contributed by atoms with Crippen molar-refractivity contribution in [2.45, 2.75) is 39.7 Å². The van der Waals surface area contributed by atoms with Crippen LogP contribution in [0.3, 0.4) is 0 Å². The maximum absolute atomic E-state index is 10.6. The first kappa shape index (κ1) is 10.7. The molecule has 0 aromatic carbocycles. The fraction of sp³-hybridized carbons (Fsp3) is 0.667. The molecule has 14 heavy (non-hydrogen) atoms. The van der Waals surface area contributed by atoms with Crippen molar-refractivity contribution in [3.05, 3.63) is 11.6 Å². The summed E-state index contributed by atoms with van der Waals surface area (Å²) in [6.45, 7) is 3.81. The molecule has 5 heteroatoms. The Morgan fingerprint density at radius 1 is 1.50 bits per heavy atom. The van der Waals surface area contributed by atoms with Gasteiger partial charge in [-0.15, -0.1) is 10.2 Å². The summed E-state index contributed by atoms with van der Waals surface area (Å²) >= 11 is 0. The zero-order valence-corrected chi connectivity index (χ0v) is 8.53. The van der Waals surface area contributed by atoms with Crippen molar-refractivity contribution >= 4 is 5.97 Å². The number of aromatic nitrogens is 3. The van der Waals surface area contributed by atoms with Crippen molar-refractivity contribution in [3.63, 3.8) is 0 Å². The Bertz CT molecular complexity index is 320. The molecule has 0 saturated heterocycles. The number of carbonyl (C=O) groups is 1. The van der Waals surface area contributed by atoms with Crippen LogP contribution in [-0.2, 0) is 17.8 Å². The summed E-state index contributed by atoms with van der Waals surface area (Å²) in [5.74, 6) is 0.580. The smallest absolute Gasteiger partial charge is 0.323 e. The molecule has 1 N–H and O–H groups in total. The molecule has 0 amide bonds. The maximum atomic E-state index is 10.6. The van der Waals surface area contributed by atoms with Gasteiger partial charge in [0, 0.05) is 6.42 Å². The summed E-state index contributed by atoms with van der Waals surface area (Å²) in [5, 5.41) is 16.5. The van der Waals surface area contributed by atoms with Crippen LogP contribution in [0.25, 0.3) is 0 Å². The van der Waals surface area contributed by atoms with E-state index >= 15 is 0 Å². The van der Waals surface area contributed by atoms with E-state index in [0.29, 0.717) is 5.82 Å². The molecule has 1 rings (SSSR count). The molecule has 5 nitrogen and oxygen atoms in total. The molecule has 0 saturated carbocycles. The third kappa shape index (κ3) is 2.55. The zero-order chi connectivity index (χ0) is 10.6. The van der Waals surface area contributed by atoms with Crippen LogP contribution >= 0.6 is 0 Å². The molecular weight excluding hydrogens is 182 g/mol. The van der Waals surface area contributed by atoms with E-state index in [-0.39, 0.29) is 6.54 Å². The molecule has 0 aliphatic heterocycles. The Kier molecular flexibility index (Phi) is 3.62. The number of hydrogen-bond acceptors (Lipinski definition) is 3. The number of carboxylic acids is 1. The molecule has 0 fully saturated rings. The van der Waals surface area contributed by atoms with Crippen LogP contribution in [0, 0.1) is 6.92 Å². The zero-order valence-electron chi connectivity index (χ0n) is 8.53. The van der Waals surface area contributed by atoms with E-state index < -0.39 is 5.97 Å². The quantitative estimate of drug-likeness (QED) is 0.765. The highest BCUT2D eigenvalue weighted by atomic mass is 16.4. The predicted octanol–water partition coefficient (Wildman–Crippen LogP) is 1.01. The van der Waals surface area contributed by atoms with Crippen molar-refractivity contribution in [2.75, 3.05) is 0 Å². The van der Waals surface area contributed by atoms with Crippen molar-refractivity contribution in [3.8, 4) is 0 Å². The number of carboxylic acid groups (broad SMARTS) is 1. The molecule has 0 bridgehead atoms. The molecule has 0 aliphatic carbocycles. The second-order valence-corrected chi connectivity index (χ2v) is 3.25. The van der Waals surface area contributed by atoms with Gasteiger partial charge in [-0.05, 0) is 13.3 Å². The topological polar surface area (TPSA) is 68.0 Å². The van der Waals surface area contributed by atoms with E-state index in [1.54, 1.807) is 11.5 Å². The maximum Gasteiger partial charge on any atom is 0.323 e. The monoisotopic (exact) mass is 197 g/mol. The van der Waals surface area contributed by atoms with E-state index in [1.165, 1.54) is 0 Å². The molecule has 0 unspecified atom stereocenters. The number of nitrogens with zero attached hydrogens (tertiary/aromatic N) is 3. The van der Waals surface area contributed by atoms with Crippen molar-refractivity contribution in [2.24, 2.45) is 0 Å². The van der Waals surface area contributed by atoms with E-state index in [4.69, 9.17) is 5.11 Å². The van der Waals surface area contributed by atoms with E-state index in [2.05, 4.69) is 17.1 Å². The number of aliphatic carboxylic acids is 1. The molecule has 0 spiro atoms. The Labute approximate surface area is 82.8 Å². The first-order valence-electron chi connectivity index (χ1n) is 4.75. The van der Waals surface area contributed by atoms with Gasteiger partial charge < -0.3 is 9.67 Å². The molecule has 0 atom stereocenters. The Morgan fingerprint density at radius 2 is 2.21 bits per heavy atom. The molecule has 0 radical (unpaired) electrons. The summed E-state index contributed by atoms with van der Waals surface area (Å²) in [6, 6.07) is 0. The van der Waals surface area contributed by atoms with Gasteiger partial charge in [-0.25, -0.2) is 0 Å². The summed E-state index contributed by atoms with van der Waals surface area (Å²) in [7, 11) is 0. The van der Waals surface area contributed by atoms with Gasteiger partial charge in [0.2, 0.25) is 0 Å². The van der Waals surface area contributed by atoms with Crippen molar-refractivity contribution < 1.29 is 9.90 Å². The highest BCUT2D eigenvalue weighted by Gasteiger charge is 2.10. The molecule has 0 aliphatic rings. The van der Waals surface area contributed by atoms with Crippen molar-refractivity contribution in [1.82, 2.24) is 14.8 Å². The van der Waals surface area contributed by atoms with Crippen LogP contribution in [0.1, 0.15) is 31.4 Å². The second-order valence-electron chi connectivity index (χ2n) is 3.25. The van der Waals surface area contributed by atoms with Gasteiger partial charge in [0.15, 0.2) is 0 Å². The minimum Gasteiger partial charge on any atom is -0.480 e. The highest BCUT2D eigenvalue weighted by molar-refractivity contribution is 5.66. The standard InChI is InChI=1S/C9H15N3O2/c1-3-4-5-8-11-10-7(2)12(8)6-9(13)14/h3-6H2,1-2H3,(H,13,14). The number of aryl methyl sites for hydroxylation is 2. The lowest BCUT2D eigenvalue weighted by Crippen LogP contribution is -2.13. The van der Waals surface area contributed by atoms with Crippen LogP contribution in [0.4, 0.5) is 0 Å². The lowest BCUT2D eigenvalue weighted by atomic mass is 10.2. The van der Waals surface area contributed by atoms with Crippen LogP contribution in [0.2, 0.25) is 0 Å². The number of unbranched alkanes of at least 4 members (excludes halogenated alkanes) is 1. The average molecular weight is 197 g/mol. The summed E-state index contributed by atoms with van der Waals surface area (Å²) in [4.78, 5) is 10.6. The third-order valence-corrected chi connectivity index (χ3v) is 2.06. The molecule has 78 valence electrons. The van der Waals surface area contributed by atoms with Gasteiger partial charge in [-0.2, -0.15) is 0 Å². The fourth-order valence-electron chi connectivity index (χ4n) is 1.29. The number of hydrogen-bond donors (Lipinski definition) is 1. The Hall–Kier alpha value is -1.39. The summed E-state index contributed by atoms with van der Waals surface area (Å²) in [5.41, 5.74) is 0. The van der Waals surface area contributed by atoms with Crippen LogP contribution in [-0.4, -0.2) is 25.8 Å². The average Bonchev–Trinajstić information content (AvgIpc) is 2.45. The summed E-state index contributed by atoms with van der Waals surface area (Å²) < 4.78 is 1.65. The highest BCUT2D eigenvalue weighted by Crippen LogP contribution is 2.05. The third-order valence-electron chi connectivity index (χ3n) is 2.06. The first-order chi connectivity index (χ1) is 6.65. The first-order valence-corrected chi connectivity index (χ1v) is 4.75. The summed E-state index contributed by atoms with van der Waals surface area (Å²) in [6.07, 6.45) is 2.88. The van der Waals surface area contributed by atoms with Gasteiger partial charge >= 0.3 is 5.97 Å². The lowest BCUT2D eigenvalue weighted by molar-refractivity contribution is -0.137. The molecule has 1 aromatic rings. The van der Waals surface area contributed by atoms with Gasteiger partial charge in [0.05, 0.1) is 0 Å². The Morgan fingerprint density at radius 3 is 2.79 bits per heavy atom. The van der Waals surface area contributed by atoms with E-state index in [9.17, 15) is 4.79 Å². The van der Waals surface area contributed by atoms with Gasteiger partial charge in [0.1, 0.15) is 18.2 Å². The minimum atomic E-state index is -0.856. The lowest BCUT2D eigenvalue weighted by Gasteiger charge is -2.04. The van der Waals surface area contributed by atoms with Gasteiger partial charge in [-0.3, -0.25) is 4.79 Å². The van der Waals surface area contributed by atoms with Crippen LogP contribution in [0.5, 0.6) is 0 Å². The largest absolute Gasteiger partial charge is 0.480 e. The molecule has 1 aromatic heterocycles. The minimum absolute atomic E-state index is 0.0438. The molecular formula is C9H15N3O2. The van der Waals surface area contributed by atoms with E-state index in [1.807, 2.05) is 0 Å². The van der Waals surface area contributed by atoms with Gasteiger partial charge in [-0.1, -0.05) is 13.3 Å².